The molecule has 0 radical (unpaired) electrons. The van der Waals surface area contributed by atoms with E-state index in [4.69, 9.17) is 21.1 Å². The summed E-state index contributed by atoms with van der Waals surface area (Å²) in [5.41, 5.74) is 0.823. The number of carbonyl (C=O) groups excluding carboxylic acids is 4. The number of para-hydroxylation sites is 3. The number of rotatable bonds is 7. The fourth-order valence-corrected chi connectivity index (χ4v) is 3.57. The summed E-state index contributed by atoms with van der Waals surface area (Å²) in [6.45, 7) is -0.340. The minimum absolute atomic E-state index is 0.248. The summed E-state index contributed by atoms with van der Waals surface area (Å²) in [6, 6.07) is 18.7. The van der Waals surface area contributed by atoms with Crippen LogP contribution in [0.15, 0.2) is 78.4 Å². The molecule has 4 rings (SSSR count). The second-order valence-corrected chi connectivity index (χ2v) is 7.95. The van der Waals surface area contributed by atoms with Crippen LogP contribution in [0.25, 0.3) is 6.08 Å². The highest BCUT2D eigenvalue weighted by molar-refractivity contribution is 6.39. The Morgan fingerprint density at radius 3 is 2.36 bits per heavy atom. The minimum Gasteiger partial charge on any atom is -0.495 e. The number of benzene rings is 3. The molecule has 0 spiro atoms. The van der Waals surface area contributed by atoms with E-state index in [2.05, 4.69) is 10.6 Å². The number of hydrogen-bond acceptors (Lipinski definition) is 6. The Labute approximate surface area is 211 Å². The topological polar surface area (TPSA) is 114 Å². The van der Waals surface area contributed by atoms with Gasteiger partial charge in [0.25, 0.3) is 17.7 Å². The monoisotopic (exact) mass is 505 g/mol. The maximum absolute atomic E-state index is 13.1. The van der Waals surface area contributed by atoms with Gasteiger partial charge in [-0.05, 0) is 48.5 Å². The molecule has 3 aromatic rings. The molecule has 1 saturated heterocycles. The van der Waals surface area contributed by atoms with Crippen LogP contribution in [0.1, 0.15) is 5.56 Å². The lowest BCUT2D eigenvalue weighted by atomic mass is 10.1. The number of carbonyl (C=O) groups is 4. The van der Waals surface area contributed by atoms with Crippen LogP contribution in [0, 0.1) is 0 Å². The van der Waals surface area contributed by atoms with E-state index in [9.17, 15) is 19.2 Å². The van der Waals surface area contributed by atoms with E-state index in [1.54, 1.807) is 48.5 Å². The van der Waals surface area contributed by atoms with Crippen LogP contribution in [0.4, 0.5) is 16.2 Å². The standard InChI is InChI=1S/C26H20ClN3O6/c1-35-22-9-5-3-7-20(22)28-23(31)15-36-21-8-4-2-6-16(21)14-19-24(32)29-26(34)30(25(19)33)18-12-10-17(27)11-13-18/h2-14H,15H2,1H3,(H,28,31)(H,29,32,34)/b19-14-. The van der Waals surface area contributed by atoms with Crippen molar-refractivity contribution < 1.29 is 28.7 Å². The zero-order chi connectivity index (χ0) is 25.7. The Morgan fingerprint density at radius 1 is 0.972 bits per heavy atom. The maximum atomic E-state index is 13.1. The summed E-state index contributed by atoms with van der Waals surface area (Å²) in [6.07, 6.45) is 1.31. The lowest BCUT2D eigenvalue weighted by Gasteiger charge is -2.26. The maximum Gasteiger partial charge on any atom is 0.335 e. The van der Waals surface area contributed by atoms with Crippen molar-refractivity contribution >= 4 is 52.8 Å². The van der Waals surface area contributed by atoms with Crippen LogP contribution in [0.5, 0.6) is 11.5 Å². The molecule has 1 aliphatic heterocycles. The van der Waals surface area contributed by atoms with E-state index < -0.39 is 23.8 Å². The van der Waals surface area contributed by atoms with Gasteiger partial charge in [0.2, 0.25) is 0 Å². The van der Waals surface area contributed by atoms with Gasteiger partial charge in [0.05, 0.1) is 18.5 Å². The number of anilines is 2. The number of amides is 5. The Kier molecular flexibility index (Phi) is 7.31. The van der Waals surface area contributed by atoms with E-state index in [1.807, 2.05) is 0 Å². The van der Waals surface area contributed by atoms with Gasteiger partial charge in [-0.15, -0.1) is 0 Å². The first-order chi connectivity index (χ1) is 17.4. The first-order valence-corrected chi connectivity index (χ1v) is 11.1. The van der Waals surface area contributed by atoms with E-state index in [0.717, 1.165) is 4.90 Å². The van der Waals surface area contributed by atoms with E-state index in [-0.39, 0.29) is 23.6 Å². The highest BCUT2D eigenvalue weighted by atomic mass is 35.5. The smallest absolute Gasteiger partial charge is 0.335 e. The van der Waals surface area contributed by atoms with Crippen LogP contribution in [-0.2, 0) is 14.4 Å². The third-order valence-corrected chi connectivity index (χ3v) is 5.40. The van der Waals surface area contributed by atoms with Gasteiger partial charge in [-0.3, -0.25) is 19.7 Å². The molecule has 36 heavy (non-hydrogen) atoms. The number of ether oxygens (including phenoxy) is 2. The van der Waals surface area contributed by atoms with Crippen molar-refractivity contribution in [3.8, 4) is 11.5 Å². The highest BCUT2D eigenvalue weighted by Crippen LogP contribution is 2.27. The Hall–Kier alpha value is -4.63. The Morgan fingerprint density at radius 2 is 1.64 bits per heavy atom. The Balaban J connectivity index is 1.54. The Bertz CT molecular complexity index is 1370. The molecule has 0 atom stereocenters. The number of methoxy groups -OCH3 is 1. The number of hydrogen-bond donors (Lipinski definition) is 2. The van der Waals surface area contributed by atoms with Gasteiger partial charge in [-0.1, -0.05) is 41.9 Å². The predicted octanol–water partition coefficient (Wildman–Crippen LogP) is 4.03. The molecule has 1 heterocycles. The summed E-state index contributed by atoms with van der Waals surface area (Å²) in [5.74, 6) is -1.34. The molecular formula is C26H20ClN3O6. The van der Waals surface area contributed by atoms with Crippen molar-refractivity contribution in [1.29, 1.82) is 0 Å². The third-order valence-electron chi connectivity index (χ3n) is 5.15. The molecule has 9 nitrogen and oxygen atoms in total. The normalized spacial score (nSPS) is 14.4. The molecule has 10 heteroatoms. The fraction of sp³-hybridized carbons (Fsp3) is 0.0769. The van der Waals surface area contributed by atoms with Gasteiger partial charge < -0.3 is 14.8 Å². The molecule has 182 valence electrons. The van der Waals surface area contributed by atoms with Crippen LogP contribution in [-0.4, -0.2) is 37.5 Å². The summed E-state index contributed by atoms with van der Waals surface area (Å²) < 4.78 is 10.9. The number of imide groups is 2. The van der Waals surface area contributed by atoms with Gasteiger partial charge in [0.15, 0.2) is 6.61 Å². The zero-order valence-electron chi connectivity index (χ0n) is 19.0. The number of nitrogens with one attached hydrogen (secondary N) is 2. The molecule has 1 aliphatic rings. The van der Waals surface area contributed by atoms with Crippen molar-refractivity contribution in [1.82, 2.24) is 5.32 Å². The van der Waals surface area contributed by atoms with Gasteiger partial charge in [0.1, 0.15) is 17.1 Å². The molecule has 0 bridgehead atoms. The van der Waals surface area contributed by atoms with Gasteiger partial charge in [-0.2, -0.15) is 0 Å². The molecule has 0 aliphatic carbocycles. The zero-order valence-corrected chi connectivity index (χ0v) is 19.7. The van der Waals surface area contributed by atoms with Crippen molar-refractivity contribution in [2.45, 2.75) is 0 Å². The molecular weight excluding hydrogens is 486 g/mol. The molecule has 2 N–H and O–H groups in total. The number of barbiturate groups is 1. The molecule has 3 aromatic carbocycles. The van der Waals surface area contributed by atoms with Crippen molar-refractivity contribution in [3.05, 3.63) is 89.0 Å². The van der Waals surface area contributed by atoms with Crippen molar-refractivity contribution in [2.75, 3.05) is 23.9 Å². The predicted molar refractivity (Wildman–Crippen MR) is 134 cm³/mol. The molecule has 5 amide bonds. The molecule has 1 fully saturated rings. The van der Waals surface area contributed by atoms with Gasteiger partial charge in [-0.25, -0.2) is 9.69 Å². The van der Waals surface area contributed by atoms with Crippen molar-refractivity contribution in [2.24, 2.45) is 0 Å². The summed E-state index contributed by atoms with van der Waals surface area (Å²) in [5, 5.41) is 5.29. The summed E-state index contributed by atoms with van der Waals surface area (Å²) in [7, 11) is 1.50. The third kappa shape index (κ3) is 5.37. The molecule has 0 saturated carbocycles. The largest absolute Gasteiger partial charge is 0.495 e. The second-order valence-electron chi connectivity index (χ2n) is 7.51. The lowest BCUT2D eigenvalue weighted by Crippen LogP contribution is -2.54. The molecule has 0 unspecified atom stereocenters. The summed E-state index contributed by atoms with van der Waals surface area (Å²) in [4.78, 5) is 51.3. The number of urea groups is 1. The minimum atomic E-state index is -0.873. The van der Waals surface area contributed by atoms with Crippen LogP contribution in [0.2, 0.25) is 5.02 Å². The number of nitrogens with zero attached hydrogens (tertiary/aromatic N) is 1. The summed E-state index contributed by atoms with van der Waals surface area (Å²) >= 11 is 5.89. The first kappa shape index (κ1) is 24.5. The molecule has 0 aromatic heterocycles. The van der Waals surface area contributed by atoms with Gasteiger partial charge in [0, 0.05) is 10.6 Å². The van der Waals surface area contributed by atoms with E-state index in [1.165, 1.54) is 37.5 Å². The van der Waals surface area contributed by atoms with E-state index >= 15 is 0 Å². The van der Waals surface area contributed by atoms with E-state index in [0.29, 0.717) is 22.0 Å². The highest BCUT2D eigenvalue weighted by Gasteiger charge is 2.37. The quantitative estimate of drug-likeness (QED) is 0.370. The average Bonchev–Trinajstić information content (AvgIpc) is 2.87. The average molecular weight is 506 g/mol. The van der Waals surface area contributed by atoms with Crippen LogP contribution in [0.3, 0.4) is 0 Å². The van der Waals surface area contributed by atoms with Crippen LogP contribution >= 0.6 is 11.6 Å². The van der Waals surface area contributed by atoms with Crippen LogP contribution < -0.4 is 25.0 Å². The van der Waals surface area contributed by atoms with Gasteiger partial charge >= 0.3 is 6.03 Å². The number of halogens is 1. The second kappa shape index (κ2) is 10.7. The SMILES string of the molecule is COc1ccccc1NC(=O)COc1ccccc1/C=C1/C(=O)NC(=O)N(c2ccc(Cl)cc2)C1=O. The van der Waals surface area contributed by atoms with Crippen molar-refractivity contribution in [3.63, 3.8) is 0 Å². The lowest BCUT2D eigenvalue weighted by molar-refractivity contribution is -0.122. The fourth-order valence-electron chi connectivity index (χ4n) is 3.45. The first-order valence-electron chi connectivity index (χ1n) is 10.7.